The summed E-state index contributed by atoms with van der Waals surface area (Å²) >= 11 is 0. The molecule has 2 aromatic rings. The number of para-hydroxylation sites is 1. The molecule has 0 radical (unpaired) electrons. The summed E-state index contributed by atoms with van der Waals surface area (Å²) in [6.45, 7) is 7.97. The fraction of sp³-hybridized carbons (Fsp3) is 0.294. The van der Waals surface area contributed by atoms with Crippen molar-refractivity contribution in [2.75, 3.05) is 6.54 Å². The number of allylic oxidation sites excluding steroid dienone is 1. The zero-order chi connectivity index (χ0) is 14.2. The van der Waals surface area contributed by atoms with Crippen LogP contribution in [0.25, 0.3) is 0 Å². The quantitative estimate of drug-likeness (QED) is 0.743. The summed E-state index contributed by atoms with van der Waals surface area (Å²) in [5, 5.41) is 3.23. The number of benzene rings is 1. The minimum absolute atomic E-state index is 0.445. The molecule has 0 saturated heterocycles. The van der Waals surface area contributed by atoms with E-state index in [4.69, 9.17) is 9.15 Å². The number of nitrogens with one attached hydrogen (secondary N) is 1. The summed E-state index contributed by atoms with van der Waals surface area (Å²) in [7, 11) is 0. The monoisotopic (exact) mass is 271 g/mol. The van der Waals surface area contributed by atoms with E-state index < -0.39 is 0 Å². The minimum atomic E-state index is 0.445. The van der Waals surface area contributed by atoms with Crippen molar-refractivity contribution in [2.24, 2.45) is 0 Å². The molecule has 1 heterocycles. The summed E-state index contributed by atoms with van der Waals surface area (Å²) in [4.78, 5) is 0. The molecule has 0 unspecified atom stereocenters. The van der Waals surface area contributed by atoms with Gasteiger partial charge in [-0.2, -0.15) is 0 Å². The third-order valence-electron chi connectivity index (χ3n) is 2.97. The van der Waals surface area contributed by atoms with E-state index in [1.165, 1.54) is 0 Å². The first-order valence-electron chi connectivity index (χ1n) is 6.93. The number of ether oxygens (including phenoxy) is 1. The Morgan fingerprint density at radius 1 is 1.20 bits per heavy atom. The Bertz CT molecular complexity index is 545. The normalized spacial score (nSPS) is 10.4. The van der Waals surface area contributed by atoms with Crippen LogP contribution in [0.4, 0.5) is 0 Å². The van der Waals surface area contributed by atoms with Crippen LogP contribution >= 0.6 is 0 Å². The Labute approximate surface area is 120 Å². The summed E-state index contributed by atoms with van der Waals surface area (Å²) in [6.07, 6.45) is 2.68. The van der Waals surface area contributed by atoms with Gasteiger partial charge in [0, 0.05) is 0 Å². The summed E-state index contributed by atoms with van der Waals surface area (Å²) in [6, 6.07) is 11.9. The highest BCUT2D eigenvalue weighted by Gasteiger charge is 2.05. The van der Waals surface area contributed by atoms with Crippen molar-refractivity contribution in [3.05, 3.63) is 66.1 Å². The third-order valence-corrected chi connectivity index (χ3v) is 2.97. The Hall–Kier alpha value is -2.00. The van der Waals surface area contributed by atoms with Gasteiger partial charge < -0.3 is 14.5 Å². The second-order valence-corrected chi connectivity index (χ2v) is 4.54. The van der Waals surface area contributed by atoms with E-state index in [-0.39, 0.29) is 0 Å². The van der Waals surface area contributed by atoms with Crippen molar-refractivity contribution in [2.45, 2.75) is 26.5 Å². The van der Waals surface area contributed by atoms with E-state index >= 15 is 0 Å². The maximum atomic E-state index is 5.83. The van der Waals surface area contributed by atoms with E-state index in [9.17, 15) is 0 Å². The van der Waals surface area contributed by atoms with Crippen LogP contribution in [0, 0.1) is 0 Å². The molecule has 0 bridgehead atoms. The lowest BCUT2D eigenvalue weighted by Gasteiger charge is -2.08. The fourth-order valence-corrected chi connectivity index (χ4v) is 1.96. The molecule has 1 aromatic heterocycles. The highest BCUT2D eigenvalue weighted by atomic mass is 16.5. The molecule has 20 heavy (non-hydrogen) atoms. The predicted molar refractivity (Wildman–Crippen MR) is 80.8 cm³/mol. The smallest absolute Gasteiger partial charge is 0.146 e. The van der Waals surface area contributed by atoms with Crippen LogP contribution in [0.5, 0.6) is 5.75 Å². The average molecular weight is 271 g/mol. The van der Waals surface area contributed by atoms with Crippen molar-refractivity contribution in [3.8, 4) is 5.75 Å². The lowest BCUT2D eigenvalue weighted by atomic mass is 10.1. The zero-order valence-corrected chi connectivity index (χ0v) is 11.9. The Kier molecular flexibility index (Phi) is 5.44. The molecule has 0 aliphatic rings. The van der Waals surface area contributed by atoms with Gasteiger partial charge in [0.15, 0.2) is 0 Å². The molecule has 2 rings (SSSR count). The Morgan fingerprint density at radius 2 is 2.00 bits per heavy atom. The SMILES string of the molecule is C=CCc1ccccc1OCc1ccc(CNCC)o1. The van der Waals surface area contributed by atoms with Gasteiger partial charge in [0.1, 0.15) is 23.9 Å². The second-order valence-electron chi connectivity index (χ2n) is 4.54. The summed E-state index contributed by atoms with van der Waals surface area (Å²) in [5.74, 6) is 2.66. The third kappa shape index (κ3) is 4.00. The molecule has 3 heteroatoms. The predicted octanol–water partition coefficient (Wildman–Crippen LogP) is 3.70. The number of hydrogen-bond donors (Lipinski definition) is 1. The molecule has 1 aromatic carbocycles. The highest BCUT2D eigenvalue weighted by Crippen LogP contribution is 2.20. The minimum Gasteiger partial charge on any atom is -0.485 e. The van der Waals surface area contributed by atoms with E-state index in [1.807, 2.05) is 36.4 Å². The number of hydrogen-bond acceptors (Lipinski definition) is 3. The van der Waals surface area contributed by atoms with Gasteiger partial charge in [0.25, 0.3) is 0 Å². The largest absolute Gasteiger partial charge is 0.485 e. The topological polar surface area (TPSA) is 34.4 Å². The zero-order valence-electron chi connectivity index (χ0n) is 11.9. The molecule has 1 N–H and O–H groups in total. The maximum absolute atomic E-state index is 5.83. The maximum Gasteiger partial charge on any atom is 0.146 e. The first-order valence-corrected chi connectivity index (χ1v) is 6.93. The number of rotatable bonds is 8. The van der Waals surface area contributed by atoms with Gasteiger partial charge in [-0.25, -0.2) is 0 Å². The molecular formula is C17H21NO2. The number of furan rings is 1. The molecule has 0 atom stereocenters. The van der Waals surface area contributed by atoms with Crippen molar-refractivity contribution in [1.82, 2.24) is 5.32 Å². The van der Waals surface area contributed by atoms with Gasteiger partial charge in [-0.3, -0.25) is 0 Å². The first-order chi connectivity index (χ1) is 9.83. The summed E-state index contributed by atoms with van der Waals surface area (Å²) < 4.78 is 11.5. The van der Waals surface area contributed by atoms with Gasteiger partial charge in [-0.05, 0) is 36.7 Å². The van der Waals surface area contributed by atoms with E-state index in [0.29, 0.717) is 6.61 Å². The molecule has 106 valence electrons. The molecule has 0 aliphatic heterocycles. The van der Waals surface area contributed by atoms with Crippen LogP contribution in [-0.2, 0) is 19.6 Å². The van der Waals surface area contributed by atoms with Gasteiger partial charge in [-0.1, -0.05) is 31.2 Å². The standard InChI is InChI=1S/C17H21NO2/c1-3-7-14-8-5-6-9-17(14)19-13-16-11-10-15(20-16)12-18-4-2/h3,5-6,8-11,18H,1,4,7,12-13H2,2H3. The van der Waals surface area contributed by atoms with Crippen LogP contribution in [0.3, 0.4) is 0 Å². The lowest BCUT2D eigenvalue weighted by molar-refractivity contribution is 0.263. The lowest BCUT2D eigenvalue weighted by Crippen LogP contribution is -2.10. The second kappa shape index (κ2) is 7.56. The van der Waals surface area contributed by atoms with Crippen molar-refractivity contribution in [3.63, 3.8) is 0 Å². The van der Waals surface area contributed by atoms with Gasteiger partial charge in [-0.15, -0.1) is 6.58 Å². The molecule has 0 fully saturated rings. The highest BCUT2D eigenvalue weighted by molar-refractivity contribution is 5.34. The molecule has 0 saturated carbocycles. The van der Waals surface area contributed by atoms with Crippen molar-refractivity contribution in [1.29, 1.82) is 0 Å². The first kappa shape index (κ1) is 14.4. The summed E-state index contributed by atoms with van der Waals surface area (Å²) in [5.41, 5.74) is 1.14. The van der Waals surface area contributed by atoms with Gasteiger partial charge >= 0.3 is 0 Å². The van der Waals surface area contributed by atoms with Crippen LogP contribution in [0.2, 0.25) is 0 Å². The average Bonchev–Trinajstić information content (AvgIpc) is 2.92. The van der Waals surface area contributed by atoms with Crippen LogP contribution in [-0.4, -0.2) is 6.54 Å². The van der Waals surface area contributed by atoms with Crippen molar-refractivity contribution < 1.29 is 9.15 Å². The van der Waals surface area contributed by atoms with E-state index in [2.05, 4.69) is 24.9 Å². The molecule has 0 amide bonds. The Morgan fingerprint density at radius 3 is 2.80 bits per heavy atom. The van der Waals surface area contributed by atoms with Crippen LogP contribution in [0.1, 0.15) is 24.0 Å². The van der Waals surface area contributed by atoms with Crippen LogP contribution in [0.15, 0.2) is 53.5 Å². The van der Waals surface area contributed by atoms with E-state index in [1.54, 1.807) is 0 Å². The van der Waals surface area contributed by atoms with Crippen molar-refractivity contribution >= 4 is 0 Å². The van der Waals surface area contributed by atoms with E-state index in [0.717, 1.165) is 42.3 Å². The Balaban J connectivity index is 1.94. The van der Waals surface area contributed by atoms with Gasteiger partial charge in [0.2, 0.25) is 0 Å². The molecule has 3 nitrogen and oxygen atoms in total. The molecule has 0 aliphatic carbocycles. The molecular weight excluding hydrogens is 250 g/mol. The molecule has 0 spiro atoms. The van der Waals surface area contributed by atoms with Crippen LogP contribution < -0.4 is 10.1 Å². The fourth-order valence-electron chi connectivity index (χ4n) is 1.96. The van der Waals surface area contributed by atoms with Gasteiger partial charge in [0.05, 0.1) is 6.54 Å².